The average molecular weight is 221 g/mol. The van der Waals surface area contributed by atoms with E-state index in [2.05, 4.69) is 5.32 Å². The Bertz CT molecular complexity index is 218. The molecule has 0 aromatic rings. The van der Waals surface area contributed by atoms with Crippen molar-refractivity contribution in [2.24, 2.45) is 5.41 Å². The van der Waals surface area contributed by atoms with Crippen LogP contribution in [0.3, 0.4) is 0 Å². The Morgan fingerprint density at radius 3 is 2.40 bits per heavy atom. The molecule has 1 N–H and O–H groups in total. The van der Waals surface area contributed by atoms with Crippen LogP contribution in [0.25, 0.3) is 0 Å². The van der Waals surface area contributed by atoms with Crippen molar-refractivity contribution < 1.29 is 13.2 Å². The zero-order chi connectivity index (χ0) is 10.9. The highest BCUT2D eigenvalue weighted by atomic mass is 19.4. The van der Waals surface area contributed by atoms with Crippen LogP contribution in [0.1, 0.15) is 44.9 Å². The Morgan fingerprint density at radius 1 is 1.13 bits per heavy atom. The van der Waals surface area contributed by atoms with Crippen LogP contribution in [0.5, 0.6) is 0 Å². The van der Waals surface area contributed by atoms with Crippen molar-refractivity contribution >= 4 is 0 Å². The van der Waals surface area contributed by atoms with Crippen LogP contribution in [0, 0.1) is 5.41 Å². The minimum absolute atomic E-state index is 0.203. The second-order valence-corrected chi connectivity index (χ2v) is 5.16. The van der Waals surface area contributed by atoms with Crippen LogP contribution in [-0.4, -0.2) is 18.8 Å². The number of rotatable bonds is 1. The SMILES string of the molecule is FC(F)(F)CC1CC2(CCCCC2)CN1. The molecule has 15 heavy (non-hydrogen) atoms. The first-order valence-electron chi connectivity index (χ1n) is 5.79. The van der Waals surface area contributed by atoms with Gasteiger partial charge in [0.1, 0.15) is 0 Å². The van der Waals surface area contributed by atoms with E-state index < -0.39 is 12.6 Å². The largest absolute Gasteiger partial charge is 0.390 e. The van der Waals surface area contributed by atoms with Gasteiger partial charge in [-0.05, 0) is 24.7 Å². The molecule has 1 atom stereocenters. The molecule has 0 aromatic heterocycles. The zero-order valence-corrected chi connectivity index (χ0v) is 8.87. The molecule has 1 unspecified atom stereocenters. The Kier molecular flexibility index (Phi) is 2.97. The molecule has 0 aromatic carbocycles. The average Bonchev–Trinajstić information content (AvgIpc) is 2.47. The fraction of sp³-hybridized carbons (Fsp3) is 1.00. The molecule has 0 radical (unpaired) electrons. The number of hydrogen-bond acceptors (Lipinski definition) is 1. The van der Waals surface area contributed by atoms with Gasteiger partial charge in [-0.25, -0.2) is 0 Å². The molecule has 1 aliphatic carbocycles. The number of hydrogen-bond donors (Lipinski definition) is 1. The summed E-state index contributed by atoms with van der Waals surface area (Å²) in [5.41, 5.74) is 0.203. The first-order chi connectivity index (χ1) is 6.99. The normalized spacial score (nSPS) is 31.0. The Labute approximate surface area is 88.4 Å². The summed E-state index contributed by atoms with van der Waals surface area (Å²) in [7, 11) is 0. The van der Waals surface area contributed by atoms with Crippen LogP contribution in [0.4, 0.5) is 13.2 Å². The molecule has 0 amide bonds. The zero-order valence-electron chi connectivity index (χ0n) is 8.87. The molecule has 2 fully saturated rings. The standard InChI is InChI=1S/C11H18F3N/c12-11(13,14)7-9-6-10(8-15-9)4-2-1-3-5-10/h9,15H,1-8H2. The van der Waals surface area contributed by atoms with Gasteiger partial charge < -0.3 is 5.32 Å². The second kappa shape index (κ2) is 3.96. The van der Waals surface area contributed by atoms with Crippen LogP contribution in [0.15, 0.2) is 0 Å². The van der Waals surface area contributed by atoms with E-state index >= 15 is 0 Å². The van der Waals surface area contributed by atoms with Crippen molar-refractivity contribution in [2.45, 2.75) is 57.2 Å². The predicted molar refractivity (Wildman–Crippen MR) is 52.6 cm³/mol. The van der Waals surface area contributed by atoms with E-state index in [4.69, 9.17) is 0 Å². The maximum atomic E-state index is 12.2. The first-order valence-corrected chi connectivity index (χ1v) is 5.79. The van der Waals surface area contributed by atoms with Gasteiger partial charge >= 0.3 is 6.18 Å². The highest BCUT2D eigenvalue weighted by Crippen LogP contribution is 2.44. The molecular formula is C11H18F3N. The van der Waals surface area contributed by atoms with Gasteiger partial charge in [0.15, 0.2) is 0 Å². The van der Waals surface area contributed by atoms with Crippen LogP contribution in [-0.2, 0) is 0 Å². The van der Waals surface area contributed by atoms with Crippen molar-refractivity contribution in [3.63, 3.8) is 0 Å². The van der Waals surface area contributed by atoms with Crippen molar-refractivity contribution in [1.82, 2.24) is 5.32 Å². The maximum Gasteiger partial charge on any atom is 0.390 e. The number of nitrogens with one attached hydrogen (secondary N) is 1. The highest BCUT2D eigenvalue weighted by Gasteiger charge is 2.43. The van der Waals surface area contributed by atoms with Crippen molar-refractivity contribution in [2.75, 3.05) is 6.54 Å². The van der Waals surface area contributed by atoms with Gasteiger partial charge in [0.25, 0.3) is 0 Å². The molecule has 1 aliphatic heterocycles. The van der Waals surface area contributed by atoms with E-state index in [1.807, 2.05) is 0 Å². The summed E-state index contributed by atoms with van der Waals surface area (Å²) in [6.45, 7) is 0.799. The van der Waals surface area contributed by atoms with E-state index in [0.29, 0.717) is 0 Å². The van der Waals surface area contributed by atoms with Crippen LogP contribution < -0.4 is 5.32 Å². The third-order valence-corrected chi connectivity index (χ3v) is 3.84. The Morgan fingerprint density at radius 2 is 1.80 bits per heavy atom. The van der Waals surface area contributed by atoms with Gasteiger partial charge in [-0.2, -0.15) is 13.2 Å². The van der Waals surface area contributed by atoms with E-state index in [1.165, 1.54) is 19.3 Å². The molecule has 2 aliphatic rings. The third kappa shape index (κ3) is 2.86. The molecular weight excluding hydrogens is 203 g/mol. The van der Waals surface area contributed by atoms with Gasteiger partial charge in [0.05, 0.1) is 6.42 Å². The summed E-state index contributed by atoms with van der Waals surface area (Å²) in [6, 6.07) is -0.330. The fourth-order valence-electron chi connectivity index (χ4n) is 3.13. The summed E-state index contributed by atoms with van der Waals surface area (Å²) in [5, 5.41) is 3.05. The fourth-order valence-corrected chi connectivity index (χ4v) is 3.13. The second-order valence-electron chi connectivity index (χ2n) is 5.16. The Hall–Kier alpha value is -0.250. The highest BCUT2D eigenvalue weighted by molar-refractivity contribution is 4.95. The summed E-state index contributed by atoms with van der Waals surface area (Å²) in [6.07, 6.45) is 1.94. The number of halogens is 3. The lowest BCUT2D eigenvalue weighted by molar-refractivity contribution is -0.139. The molecule has 2 rings (SSSR count). The van der Waals surface area contributed by atoms with Gasteiger partial charge in [-0.1, -0.05) is 19.3 Å². The van der Waals surface area contributed by atoms with Gasteiger partial charge in [0.2, 0.25) is 0 Å². The monoisotopic (exact) mass is 221 g/mol. The quantitative estimate of drug-likeness (QED) is 0.716. The van der Waals surface area contributed by atoms with Crippen LogP contribution in [0.2, 0.25) is 0 Å². The van der Waals surface area contributed by atoms with E-state index in [9.17, 15) is 13.2 Å². The lowest BCUT2D eigenvalue weighted by Gasteiger charge is -2.32. The smallest absolute Gasteiger partial charge is 0.313 e. The van der Waals surface area contributed by atoms with Gasteiger partial charge in [-0.15, -0.1) is 0 Å². The van der Waals surface area contributed by atoms with Crippen molar-refractivity contribution in [3.8, 4) is 0 Å². The first kappa shape index (κ1) is 11.2. The minimum atomic E-state index is -4.02. The molecule has 1 spiro atoms. The Balaban J connectivity index is 1.88. The number of alkyl halides is 3. The minimum Gasteiger partial charge on any atom is -0.313 e. The van der Waals surface area contributed by atoms with E-state index in [0.717, 1.165) is 25.8 Å². The summed E-state index contributed by atoms with van der Waals surface area (Å²) < 4.78 is 36.7. The summed E-state index contributed by atoms with van der Waals surface area (Å²) in [4.78, 5) is 0. The molecule has 0 bridgehead atoms. The molecule has 1 saturated heterocycles. The third-order valence-electron chi connectivity index (χ3n) is 3.84. The van der Waals surface area contributed by atoms with Gasteiger partial charge in [0, 0.05) is 12.6 Å². The predicted octanol–water partition coefficient (Wildman–Crippen LogP) is 3.25. The maximum absolute atomic E-state index is 12.2. The van der Waals surface area contributed by atoms with E-state index in [1.54, 1.807) is 0 Å². The molecule has 1 nitrogen and oxygen atoms in total. The summed E-state index contributed by atoms with van der Waals surface area (Å²) >= 11 is 0. The lowest BCUT2D eigenvalue weighted by Crippen LogP contribution is -2.28. The van der Waals surface area contributed by atoms with Crippen LogP contribution >= 0.6 is 0 Å². The lowest BCUT2D eigenvalue weighted by atomic mass is 9.72. The topological polar surface area (TPSA) is 12.0 Å². The van der Waals surface area contributed by atoms with E-state index in [-0.39, 0.29) is 11.5 Å². The van der Waals surface area contributed by atoms with Gasteiger partial charge in [-0.3, -0.25) is 0 Å². The summed E-state index contributed by atoms with van der Waals surface area (Å²) in [5.74, 6) is 0. The van der Waals surface area contributed by atoms with Crippen molar-refractivity contribution in [3.05, 3.63) is 0 Å². The van der Waals surface area contributed by atoms with Crippen molar-refractivity contribution in [1.29, 1.82) is 0 Å². The molecule has 1 heterocycles. The molecule has 1 saturated carbocycles. The molecule has 4 heteroatoms. The molecule has 88 valence electrons.